The summed E-state index contributed by atoms with van der Waals surface area (Å²) in [5.74, 6) is -0.914. The summed E-state index contributed by atoms with van der Waals surface area (Å²) in [5.41, 5.74) is -0.0948. The second kappa shape index (κ2) is 4.38. The molecule has 88 valence electrons. The zero-order chi connectivity index (χ0) is 12.3. The summed E-state index contributed by atoms with van der Waals surface area (Å²) in [6, 6.07) is 1.24. The van der Waals surface area contributed by atoms with Gasteiger partial charge in [-0.1, -0.05) is 0 Å². The lowest BCUT2D eigenvalue weighted by molar-refractivity contribution is -0.275. The van der Waals surface area contributed by atoms with Gasteiger partial charge in [-0.2, -0.15) is 0 Å². The Labute approximate surface area is 89.0 Å². The van der Waals surface area contributed by atoms with E-state index in [9.17, 15) is 18.0 Å². The van der Waals surface area contributed by atoms with Crippen LogP contribution < -0.4 is 9.47 Å². The third-order valence-corrected chi connectivity index (χ3v) is 1.64. The van der Waals surface area contributed by atoms with Crippen molar-refractivity contribution < 1.29 is 27.4 Å². The number of aldehydes is 1. The van der Waals surface area contributed by atoms with Gasteiger partial charge in [-0.3, -0.25) is 4.79 Å². The summed E-state index contributed by atoms with van der Waals surface area (Å²) in [6.07, 6.45) is -4.72. The van der Waals surface area contributed by atoms with Crippen molar-refractivity contribution in [3.63, 3.8) is 0 Å². The topological polar surface area (TPSA) is 48.4 Å². The Morgan fingerprint density at radius 3 is 2.50 bits per heavy atom. The number of aromatic nitrogens is 1. The zero-order valence-electron chi connectivity index (χ0n) is 8.46. The minimum Gasteiger partial charge on any atom is -0.493 e. The zero-order valence-corrected chi connectivity index (χ0v) is 8.46. The molecule has 0 saturated carbocycles. The molecule has 0 aliphatic heterocycles. The number of hydrogen-bond donors (Lipinski definition) is 0. The van der Waals surface area contributed by atoms with Gasteiger partial charge in [0.25, 0.3) is 0 Å². The van der Waals surface area contributed by atoms with E-state index < -0.39 is 17.8 Å². The fourth-order valence-electron chi connectivity index (χ4n) is 1.10. The van der Waals surface area contributed by atoms with Crippen molar-refractivity contribution in [2.24, 2.45) is 0 Å². The molecule has 0 aliphatic carbocycles. The van der Waals surface area contributed by atoms with Gasteiger partial charge < -0.3 is 9.47 Å². The van der Waals surface area contributed by atoms with Crippen molar-refractivity contribution in [3.05, 3.63) is 17.5 Å². The molecule has 0 atom stereocenters. The first kappa shape index (κ1) is 12.3. The first-order valence-corrected chi connectivity index (χ1v) is 4.14. The summed E-state index contributed by atoms with van der Waals surface area (Å²) < 4.78 is 44.5. The smallest absolute Gasteiger partial charge is 0.493 e. The molecule has 0 aliphatic rings. The average molecular weight is 235 g/mol. The van der Waals surface area contributed by atoms with E-state index in [-0.39, 0.29) is 12.0 Å². The van der Waals surface area contributed by atoms with E-state index in [2.05, 4.69) is 9.72 Å². The predicted molar refractivity (Wildman–Crippen MR) is 47.6 cm³/mol. The van der Waals surface area contributed by atoms with E-state index in [4.69, 9.17) is 4.74 Å². The molecular formula is C9H8F3NO3. The molecule has 0 spiro atoms. The van der Waals surface area contributed by atoms with Crippen LogP contribution in [0.4, 0.5) is 13.2 Å². The number of ether oxygens (including phenoxy) is 2. The molecular weight excluding hydrogens is 227 g/mol. The highest BCUT2D eigenvalue weighted by molar-refractivity contribution is 5.78. The third-order valence-electron chi connectivity index (χ3n) is 1.64. The summed E-state index contributed by atoms with van der Waals surface area (Å²) in [6.45, 7) is 1.52. The molecule has 0 aromatic carbocycles. The average Bonchev–Trinajstić information content (AvgIpc) is 2.18. The van der Waals surface area contributed by atoms with Crippen LogP contribution in [0.1, 0.15) is 16.2 Å². The lowest BCUT2D eigenvalue weighted by atomic mass is 10.2. The molecule has 1 rings (SSSR count). The predicted octanol–water partition coefficient (Wildman–Crippen LogP) is 2.11. The number of aryl methyl sites for hydroxylation is 1. The van der Waals surface area contributed by atoms with Crippen LogP contribution in [0.3, 0.4) is 0 Å². The maximum absolute atomic E-state index is 12.1. The summed E-state index contributed by atoms with van der Waals surface area (Å²) in [4.78, 5) is 14.2. The fourth-order valence-corrected chi connectivity index (χ4v) is 1.10. The normalized spacial score (nSPS) is 11.1. The van der Waals surface area contributed by atoms with Crippen molar-refractivity contribution >= 4 is 6.29 Å². The molecule has 7 heteroatoms. The molecule has 0 unspecified atom stereocenters. The highest BCUT2D eigenvalue weighted by Gasteiger charge is 2.34. The number of hydrogen-bond acceptors (Lipinski definition) is 4. The van der Waals surface area contributed by atoms with Gasteiger partial charge in [-0.15, -0.1) is 13.2 Å². The number of carbonyl (C=O) groups is 1. The molecule has 0 amide bonds. The van der Waals surface area contributed by atoms with Gasteiger partial charge in [0.15, 0.2) is 17.8 Å². The van der Waals surface area contributed by atoms with Gasteiger partial charge in [-0.05, 0) is 6.92 Å². The maximum atomic E-state index is 12.1. The lowest BCUT2D eigenvalue weighted by Crippen LogP contribution is -2.19. The molecule has 16 heavy (non-hydrogen) atoms. The fraction of sp³-hybridized carbons (Fsp3) is 0.333. The number of carbonyl (C=O) groups excluding carboxylic acids is 1. The summed E-state index contributed by atoms with van der Waals surface area (Å²) in [7, 11) is 1.17. The first-order chi connectivity index (χ1) is 7.37. The Kier molecular flexibility index (Phi) is 3.36. The molecule has 0 fully saturated rings. The second-order valence-corrected chi connectivity index (χ2v) is 2.85. The van der Waals surface area contributed by atoms with E-state index in [1.54, 1.807) is 0 Å². The number of halogens is 3. The molecule has 0 N–H and O–H groups in total. The Bertz CT molecular complexity index is 404. The van der Waals surface area contributed by atoms with Crippen LogP contribution in [0.5, 0.6) is 11.5 Å². The number of alkyl halides is 3. The summed E-state index contributed by atoms with van der Waals surface area (Å²) >= 11 is 0. The molecule has 1 aromatic heterocycles. The Hall–Kier alpha value is -1.79. The lowest BCUT2D eigenvalue weighted by Gasteiger charge is -2.14. The SMILES string of the molecule is COc1cc(C)nc(C=O)c1OC(F)(F)F. The standard InChI is InChI=1S/C9H8F3NO3/c1-5-3-7(15-2)8(6(4-14)13-5)16-9(10,11)12/h3-4H,1-2H3. The van der Waals surface area contributed by atoms with Crippen molar-refractivity contribution in [2.45, 2.75) is 13.3 Å². The van der Waals surface area contributed by atoms with Crippen LogP contribution in [0.25, 0.3) is 0 Å². The maximum Gasteiger partial charge on any atom is 0.573 e. The van der Waals surface area contributed by atoms with Crippen LogP contribution >= 0.6 is 0 Å². The number of methoxy groups -OCH3 is 1. The Balaban J connectivity index is 3.27. The van der Waals surface area contributed by atoms with Crippen molar-refractivity contribution in [2.75, 3.05) is 7.11 Å². The van der Waals surface area contributed by atoms with Crippen LogP contribution in [-0.2, 0) is 0 Å². The Morgan fingerprint density at radius 1 is 1.44 bits per heavy atom. The van der Waals surface area contributed by atoms with Gasteiger partial charge in [0, 0.05) is 11.8 Å². The third kappa shape index (κ3) is 2.85. The van der Waals surface area contributed by atoms with Gasteiger partial charge in [0.2, 0.25) is 0 Å². The summed E-state index contributed by atoms with van der Waals surface area (Å²) in [5, 5.41) is 0. The van der Waals surface area contributed by atoms with E-state index in [1.165, 1.54) is 20.1 Å². The molecule has 0 saturated heterocycles. The molecule has 0 radical (unpaired) electrons. The largest absolute Gasteiger partial charge is 0.573 e. The van der Waals surface area contributed by atoms with Crippen LogP contribution in [0.2, 0.25) is 0 Å². The minimum absolute atomic E-state index is 0.177. The van der Waals surface area contributed by atoms with E-state index in [1.807, 2.05) is 0 Å². The Morgan fingerprint density at radius 2 is 2.06 bits per heavy atom. The van der Waals surface area contributed by atoms with Gasteiger partial charge in [0.05, 0.1) is 7.11 Å². The number of rotatable bonds is 3. The molecule has 1 heterocycles. The highest BCUT2D eigenvalue weighted by atomic mass is 19.4. The quantitative estimate of drug-likeness (QED) is 0.753. The number of nitrogens with zero attached hydrogens (tertiary/aromatic N) is 1. The van der Waals surface area contributed by atoms with Crippen LogP contribution in [0.15, 0.2) is 6.07 Å². The monoisotopic (exact) mass is 235 g/mol. The van der Waals surface area contributed by atoms with Crippen molar-refractivity contribution in [3.8, 4) is 11.5 Å². The van der Waals surface area contributed by atoms with Crippen molar-refractivity contribution in [1.82, 2.24) is 4.98 Å². The van der Waals surface area contributed by atoms with Crippen molar-refractivity contribution in [1.29, 1.82) is 0 Å². The van der Waals surface area contributed by atoms with E-state index in [0.717, 1.165) is 0 Å². The van der Waals surface area contributed by atoms with Gasteiger partial charge in [0.1, 0.15) is 5.69 Å². The van der Waals surface area contributed by atoms with E-state index >= 15 is 0 Å². The van der Waals surface area contributed by atoms with Crippen LogP contribution in [-0.4, -0.2) is 24.7 Å². The second-order valence-electron chi connectivity index (χ2n) is 2.85. The minimum atomic E-state index is -4.90. The molecule has 1 aromatic rings. The van der Waals surface area contributed by atoms with E-state index in [0.29, 0.717) is 5.69 Å². The molecule has 4 nitrogen and oxygen atoms in total. The molecule has 0 bridgehead atoms. The first-order valence-electron chi connectivity index (χ1n) is 4.14. The number of pyridine rings is 1. The highest BCUT2D eigenvalue weighted by Crippen LogP contribution is 2.34. The van der Waals surface area contributed by atoms with Crippen LogP contribution in [0, 0.1) is 6.92 Å². The van der Waals surface area contributed by atoms with Gasteiger partial charge in [-0.25, -0.2) is 4.98 Å². The van der Waals surface area contributed by atoms with Gasteiger partial charge >= 0.3 is 6.36 Å².